The fourth-order valence-corrected chi connectivity index (χ4v) is 0. The van der Waals surface area contributed by atoms with Crippen LogP contribution in [-0.2, 0) is 72.7 Å². The maximum Gasteiger partial charge on any atom is 0.0814 e. The molecule has 0 aliphatic rings. The Labute approximate surface area is 80.3 Å². The third-order valence-electron chi connectivity index (χ3n) is 0. The molecule has 0 fully saturated rings. The predicted octanol–water partition coefficient (Wildman–Crippen LogP) is -1.19. The molecule has 0 aromatic rings. The van der Waals surface area contributed by atoms with Gasteiger partial charge in [0.25, 0.3) is 0 Å². The maximum absolute atomic E-state index is 0. The van der Waals surface area contributed by atoms with Crippen molar-refractivity contribution in [1.82, 2.24) is 0 Å². The second-order valence-electron chi connectivity index (χ2n) is 0. The van der Waals surface area contributed by atoms with Crippen LogP contribution in [0.4, 0.5) is 0 Å². The van der Waals surface area contributed by atoms with E-state index in [-0.39, 0.29) is 81.1 Å². The van der Waals surface area contributed by atoms with Crippen LogP contribution in [-0.4, -0.2) is 8.41 Å². The van der Waals surface area contributed by atoms with Gasteiger partial charge in [-0.15, -0.1) is 0 Å². The van der Waals surface area contributed by atoms with Gasteiger partial charge in [0, 0.05) is 72.7 Å². The van der Waals surface area contributed by atoms with Gasteiger partial charge < -0.3 is 0 Å². The van der Waals surface area contributed by atoms with Crippen LogP contribution in [0.1, 0.15) is 0 Å². The fourth-order valence-electron chi connectivity index (χ4n) is 0. The minimum absolute atomic E-state index is 0. The van der Waals surface area contributed by atoms with E-state index in [4.69, 9.17) is 0 Å². The van der Waals surface area contributed by atoms with Gasteiger partial charge in [-0.2, -0.15) is 0 Å². The van der Waals surface area contributed by atoms with Gasteiger partial charge >= 0.3 is 0 Å². The summed E-state index contributed by atoms with van der Waals surface area (Å²) in [5.41, 5.74) is 0. The van der Waals surface area contributed by atoms with Crippen LogP contribution < -0.4 is 0 Å². The summed E-state index contributed by atoms with van der Waals surface area (Å²) >= 11 is 0. The predicted molar refractivity (Wildman–Crippen MR) is 9.94 cm³/mol. The molecule has 0 rings (SSSR count). The first-order valence-electron chi connectivity index (χ1n) is 0. The zero-order chi connectivity index (χ0) is 0. The molecule has 0 aromatic carbocycles. The van der Waals surface area contributed by atoms with Crippen molar-refractivity contribution in [1.29, 1.82) is 0 Å². The first-order chi connectivity index (χ1) is 0. The largest absolute Gasteiger partial charge is 0.0814 e. The van der Waals surface area contributed by atoms with Crippen LogP contribution in [0.15, 0.2) is 0 Å². The molecule has 0 aliphatic heterocycles. The molecule has 0 amide bonds. The van der Waals surface area contributed by atoms with Crippen molar-refractivity contribution in [2.45, 2.75) is 0 Å². The van der Waals surface area contributed by atoms with E-state index in [0.717, 1.165) is 0 Å². The molecule has 0 aliphatic carbocycles. The van der Waals surface area contributed by atoms with Crippen LogP contribution in [0.25, 0.3) is 0 Å². The Balaban J connectivity index is 0. The summed E-state index contributed by atoms with van der Waals surface area (Å²) in [6.45, 7) is 0. The maximum atomic E-state index is 0. The molecular formula is H3AgBCoFeNi. The van der Waals surface area contributed by atoms with Gasteiger partial charge in [0.15, 0.2) is 0 Å². The standard InChI is InChI=1S/Ag.BH3.Co.Fe.Ni/h;1H3;;;. The van der Waals surface area contributed by atoms with Crippen molar-refractivity contribution in [3.8, 4) is 0 Å². The number of hydrogen-bond donors (Lipinski definition) is 0. The Morgan fingerprint density at radius 1 is 1.00 bits per heavy atom. The molecule has 0 atom stereocenters. The van der Waals surface area contributed by atoms with Crippen LogP contribution in [0, 0.1) is 0 Å². The minimum atomic E-state index is 0. The molecule has 0 saturated heterocycles. The summed E-state index contributed by atoms with van der Waals surface area (Å²) in [4.78, 5) is 0. The van der Waals surface area contributed by atoms with E-state index in [1.165, 1.54) is 0 Å². The van der Waals surface area contributed by atoms with Gasteiger partial charge in [0.2, 0.25) is 0 Å². The molecule has 0 heterocycles. The summed E-state index contributed by atoms with van der Waals surface area (Å²) in [7, 11) is 0. The Hall–Kier alpha value is 2.32. The van der Waals surface area contributed by atoms with Crippen LogP contribution >= 0.6 is 0 Å². The second-order valence-corrected chi connectivity index (χ2v) is 0. The smallest absolute Gasteiger partial charge is 0 e. The molecule has 0 nitrogen and oxygen atoms in total. The van der Waals surface area contributed by atoms with Crippen molar-refractivity contribution in [3.05, 3.63) is 0 Å². The second kappa shape index (κ2) is 33.2. The molecule has 0 bridgehead atoms. The van der Waals surface area contributed by atoms with Gasteiger partial charge in [-0.3, -0.25) is 0 Å². The van der Waals surface area contributed by atoms with E-state index in [0.29, 0.717) is 0 Å². The van der Waals surface area contributed by atoms with Crippen LogP contribution in [0.3, 0.4) is 0 Å². The molecular weight excluding hydrogens is 292 g/mol. The van der Waals surface area contributed by atoms with E-state index in [1.807, 2.05) is 0 Å². The van der Waals surface area contributed by atoms with E-state index in [9.17, 15) is 0 Å². The zero-order valence-electron chi connectivity index (χ0n) is 1.30. The summed E-state index contributed by atoms with van der Waals surface area (Å²) in [5, 5.41) is 0. The molecule has 0 aromatic heterocycles. The molecule has 5 heavy (non-hydrogen) atoms. The minimum Gasteiger partial charge on any atom is 0 e. The molecule has 44 valence electrons. The number of rotatable bonds is 0. The first kappa shape index (κ1) is 54.2. The zero-order valence-corrected chi connectivity index (χ0v) is 5.92. The van der Waals surface area contributed by atoms with E-state index < -0.39 is 0 Å². The molecule has 0 unspecified atom stereocenters. The number of hydrogen-bond acceptors (Lipinski definition) is 0. The van der Waals surface area contributed by atoms with Crippen molar-refractivity contribution >= 4 is 8.41 Å². The normalized spacial score (nSPS) is 0. The van der Waals surface area contributed by atoms with Crippen molar-refractivity contribution in [2.24, 2.45) is 0 Å². The topological polar surface area (TPSA) is 0 Å². The van der Waals surface area contributed by atoms with E-state index in [1.54, 1.807) is 0 Å². The van der Waals surface area contributed by atoms with Crippen molar-refractivity contribution < 1.29 is 72.7 Å². The van der Waals surface area contributed by atoms with Crippen LogP contribution in [0.5, 0.6) is 0 Å². The SMILES string of the molecule is B.[Ag].[Co].[Fe].[Ni]. The molecule has 5 heteroatoms. The van der Waals surface area contributed by atoms with Crippen LogP contribution in [0.2, 0.25) is 0 Å². The molecule has 0 saturated carbocycles. The van der Waals surface area contributed by atoms with E-state index >= 15 is 0 Å². The quantitative estimate of drug-likeness (QED) is 0.493. The van der Waals surface area contributed by atoms with Gasteiger partial charge in [-0.05, 0) is 0 Å². The summed E-state index contributed by atoms with van der Waals surface area (Å²) in [6, 6.07) is 0. The molecule has 2 radical (unpaired) electrons. The monoisotopic (exact) mass is 294 g/mol. The van der Waals surface area contributed by atoms with Gasteiger partial charge in [-0.25, -0.2) is 0 Å². The summed E-state index contributed by atoms with van der Waals surface area (Å²) in [6.07, 6.45) is 0. The average molecular weight is 295 g/mol. The van der Waals surface area contributed by atoms with E-state index in [2.05, 4.69) is 0 Å². The summed E-state index contributed by atoms with van der Waals surface area (Å²) in [5.74, 6) is 0. The van der Waals surface area contributed by atoms with Gasteiger partial charge in [0.05, 0.1) is 8.41 Å². The Kier molecular flexibility index (Phi) is 360. The Bertz CT molecular complexity index is 11.6. The average Bonchev–Trinajstić information content (AvgIpc) is 0. The fraction of sp³-hybridized carbons (Fsp3) is 0. The third kappa shape index (κ3) is 21.9. The van der Waals surface area contributed by atoms with Crippen molar-refractivity contribution in [3.63, 3.8) is 0 Å². The third-order valence-corrected chi connectivity index (χ3v) is 0. The molecule has 0 N–H and O–H groups in total. The first-order valence-corrected chi connectivity index (χ1v) is 0. The van der Waals surface area contributed by atoms with Gasteiger partial charge in [0.1, 0.15) is 0 Å². The summed E-state index contributed by atoms with van der Waals surface area (Å²) < 4.78 is 0. The van der Waals surface area contributed by atoms with Crippen molar-refractivity contribution in [2.75, 3.05) is 0 Å². The Morgan fingerprint density at radius 3 is 1.00 bits per heavy atom. The molecule has 0 spiro atoms. The Morgan fingerprint density at radius 2 is 1.00 bits per heavy atom. The van der Waals surface area contributed by atoms with Gasteiger partial charge in [-0.1, -0.05) is 0 Å².